The van der Waals surface area contributed by atoms with Crippen LogP contribution >= 0.6 is 0 Å². The lowest BCUT2D eigenvalue weighted by atomic mass is 9.53. The molecule has 0 aromatic heterocycles. The molecule has 5 aliphatic rings. The molecule has 5 nitrogen and oxygen atoms in total. The Hall–Kier alpha value is -2.04. The van der Waals surface area contributed by atoms with E-state index in [0.717, 1.165) is 42.6 Å². The van der Waals surface area contributed by atoms with Crippen molar-refractivity contribution in [2.24, 2.45) is 17.8 Å². The molecular weight excluding hydrogens is 328 g/mol. The fourth-order valence-corrected chi connectivity index (χ4v) is 6.23. The second-order valence-corrected chi connectivity index (χ2v) is 8.99. The zero-order chi connectivity index (χ0) is 17.9. The molecular formula is C21H26N2O3. The van der Waals surface area contributed by atoms with E-state index in [4.69, 9.17) is 4.74 Å². The van der Waals surface area contributed by atoms with Crippen LogP contribution in [0, 0.1) is 24.7 Å². The molecule has 4 saturated carbocycles. The Morgan fingerprint density at radius 1 is 1.19 bits per heavy atom. The molecule has 4 bridgehead atoms. The Labute approximate surface area is 154 Å². The number of rotatable bonds is 3. The van der Waals surface area contributed by atoms with Crippen LogP contribution in [0.4, 0.5) is 5.69 Å². The van der Waals surface area contributed by atoms with Crippen LogP contribution in [0.2, 0.25) is 0 Å². The Morgan fingerprint density at radius 3 is 2.50 bits per heavy atom. The van der Waals surface area contributed by atoms with Gasteiger partial charge in [-0.3, -0.25) is 14.5 Å². The van der Waals surface area contributed by atoms with Crippen LogP contribution in [0.25, 0.3) is 0 Å². The van der Waals surface area contributed by atoms with Crippen molar-refractivity contribution in [1.82, 2.24) is 5.32 Å². The number of aryl methyl sites for hydroxylation is 1. The van der Waals surface area contributed by atoms with Crippen LogP contribution in [0.3, 0.4) is 0 Å². The highest BCUT2D eigenvalue weighted by molar-refractivity contribution is 6.02. The smallest absolute Gasteiger partial charge is 0.265 e. The summed E-state index contributed by atoms with van der Waals surface area (Å²) in [6.07, 6.45) is 7.42. The lowest BCUT2D eigenvalue weighted by Gasteiger charge is -2.57. The van der Waals surface area contributed by atoms with E-state index < -0.39 is 0 Å². The number of amides is 2. The fourth-order valence-electron chi connectivity index (χ4n) is 6.23. The van der Waals surface area contributed by atoms with Crippen LogP contribution in [0.1, 0.15) is 44.1 Å². The van der Waals surface area contributed by atoms with Crippen molar-refractivity contribution < 1.29 is 14.3 Å². The zero-order valence-electron chi connectivity index (χ0n) is 15.3. The molecule has 0 atom stereocenters. The molecule has 1 aliphatic heterocycles. The highest BCUT2D eigenvalue weighted by Crippen LogP contribution is 2.55. The van der Waals surface area contributed by atoms with E-state index in [9.17, 15) is 9.59 Å². The first-order valence-corrected chi connectivity index (χ1v) is 9.84. The number of hydrogen-bond donors (Lipinski definition) is 1. The number of nitrogens with one attached hydrogen (secondary N) is 1. The number of hydrogen-bond acceptors (Lipinski definition) is 3. The summed E-state index contributed by atoms with van der Waals surface area (Å²) < 4.78 is 5.51. The molecule has 6 rings (SSSR count). The first kappa shape index (κ1) is 16.2. The van der Waals surface area contributed by atoms with Crippen LogP contribution in [-0.4, -0.2) is 30.5 Å². The second kappa shape index (κ2) is 5.73. The van der Waals surface area contributed by atoms with Gasteiger partial charge in [-0.2, -0.15) is 0 Å². The number of benzene rings is 1. The predicted octanol–water partition coefficient (Wildman–Crippen LogP) is 2.81. The number of carbonyl (C=O) groups excluding carboxylic acids is 2. The van der Waals surface area contributed by atoms with E-state index in [2.05, 4.69) is 5.32 Å². The Bertz CT molecular complexity index is 737. The summed E-state index contributed by atoms with van der Waals surface area (Å²) in [6.45, 7) is 2.06. The largest absolute Gasteiger partial charge is 0.482 e. The average molecular weight is 354 g/mol. The van der Waals surface area contributed by atoms with E-state index in [1.165, 1.54) is 19.3 Å². The lowest BCUT2D eigenvalue weighted by Crippen LogP contribution is -2.61. The predicted molar refractivity (Wildman–Crippen MR) is 98.1 cm³/mol. The van der Waals surface area contributed by atoms with Gasteiger partial charge in [0, 0.05) is 5.54 Å². The monoisotopic (exact) mass is 354 g/mol. The third-order valence-electron chi connectivity index (χ3n) is 6.80. The van der Waals surface area contributed by atoms with Crippen molar-refractivity contribution in [3.63, 3.8) is 0 Å². The molecule has 1 aromatic rings. The minimum Gasteiger partial charge on any atom is -0.482 e. The van der Waals surface area contributed by atoms with Gasteiger partial charge in [-0.15, -0.1) is 0 Å². The summed E-state index contributed by atoms with van der Waals surface area (Å²) in [7, 11) is 0. The molecule has 4 fully saturated rings. The Morgan fingerprint density at radius 2 is 1.85 bits per heavy atom. The topological polar surface area (TPSA) is 58.6 Å². The molecule has 5 heteroatoms. The van der Waals surface area contributed by atoms with E-state index in [1.54, 1.807) is 4.90 Å². The number of ether oxygens (including phenoxy) is 1. The summed E-state index contributed by atoms with van der Waals surface area (Å²) in [6, 6.07) is 5.76. The van der Waals surface area contributed by atoms with Crippen molar-refractivity contribution >= 4 is 17.5 Å². The van der Waals surface area contributed by atoms with Crippen molar-refractivity contribution in [3.05, 3.63) is 23.8 Å². The number of anilines is 1. The third-order valence-corrected chi connectivity index (χ3v) is 6.80. The quantitative estimate of drug-likeness (QED) is 0.908. The summed E-state index contributed by atoms with van der Waals surface area (Å²) in [5, 5.41) is 3.36. The molecule has 1 N–H and O–H groups in total. The van der Waals surface area contributed by atoms with E-state index in [0.29, 0.717) is 11.4 Å². The van der Waals surface area contributed by atoms with Crippen LogP contribution in [-0.2, 0) is 9.59 Å². The van der Waals surface area contributed by atoms with E-state index in [-0.39, 0.29) is 30.5 Å². The molecule has 4 aliphatic carbocycles. The minimum absolute atomic E-state index is 0.000700. The molecule has 0 unspecified atom stereocenters. The van der Waals surface area contributed by atoms with E-state index >= 15 is 0 Å². The van der Waals surface area contributed by atoms with E-state index in [1.807, 2.05) is 25.1 Å². The molecule has 138 valence electrons. The normalized spacial score (nSPS) is 34.4. The van der Waals surface area contributed by atoms with Gasteiger partial charge < -0.3 is 10.1 Å². The maximum Gasteiger partial charge on any atom is 0.265 e. The van der Waals surface area contributed by atoms with Crippen molar-refractivity contribution in [2.75, 3.05) is 18.1 Å². The maximum absolute atomic E-state index is 12.9. The average Bonchev–Trinajstić information content (AvgIpc) is 2.56. The summed E-state index contributed by atoms with van der Waals surface area (Å²) >= 11 is 0. The Balaban J connectivity index is 1.33. The number of fused-ring (bicyclic) bond motifs is 1. The van der Waals surface area contributed by atoms with Gasteiger partial charge in [0.05, 0.1) is 5.69 Å². The molecule has 1 heterocycles. The van der Waals surface area contributed by atoms with Gasteiger partial charge in [-0.25, -0.2) is 0 Å². The number of nitrogens with zero attached hydrogens (tertiary/aromatic N) is 1. The molecule has 2 amide bonds. The first-order valence-electron chi connectivity index (χ1n) is 9.84. The minimum atomic E-state index is -0.149. The Kier molecular flexibility index (Phi) is 3.56. The van der Waals surface area contributed by atoms with Gasteiger partial charge >= 0.3 is 0 Å². The standard InChI is InChI=1S/C21H26N2O3/c1-13-2-3-18-17(4-13)23(20(25)12-26-18)11-19(24)22-21-8-14-5-15(9-21)7-16(6-14)10-21/h2-4,14-16H,5-12H2,1H3,(H,22,24). The van der Waals surface area contributed by atoms with Crippen molar-refractivity contribution in [3.8, 4) is 5.75 Å². The van der Waals surface area contributed by atoms with Crippen LogP contribution < -0.4 is 15.0 Å². The summed E-state index contributed by atoms with van der Waals surface area (Å²) in [4.78, 5) is 26.9. The first-order chi connectivity index (χ1) is 12.5. The maximum atomic E-state index is 12.9. The van der Waals surface area contributed by atoms with Crippen molar-refractivity contribution in [2.45, 2.75) is 51.0 Å². The van der Waals surface area contributed by atoms with Gasteiger partial charge in [0.25, 0.3) is 5.91 Å². The van der Waals surface area contributed by atoms with Crippen molar-refractivity contribution in [1.29, 1.82) is 0 Å². The molecule has 0 saturated heterocycles. The SMILES string of the molecule is Cc1ccc2c(c1)N(CC(=O)NC13CC4CC(CC(C4)C1)C3)C(=O)CO2. The fraction of sp³-hybridized carbons (Fsp3) is 0.619. The van der Waals surface area contributed by atoms with Gasteiger partial charge in [-0.05, 0) is 80.9 Å². The molecule has 0 radical (unpaired) electrons. The van der Waals surface area contributed by atoms with Gasteiger partial charge in [0.15, 0.2) is 6.61 Å². The molecule has 26 heavy (non-hydrogen) atoms. The number of carbonyl (C=O) groups is 2. The van der Waals surface area contributed by atoms with Gasteiger partial charge in [0.2, 0.25) is 5.91 Å². The lowest BCUT2D eigenvalue weighted by molar-refractivity contribution is -0.128. The highest BCUT2D eigenvalue weighted by atomic mass is 16.5. The third kappa shape index (κ3) is 2.68. The van der Waals surface area contributed by atoms with Gasteiger partial charge in [0.1, 0.15) is 12.3 Å². The highest BCUT2D eigenvalue weighted by Gasteiger charge is 2.51. The second-order valence-electron chi connectivity index (χ2n) is 8.99. The zero-order valence-corrected chi connectivity index (χ0v) is 15.3. The van der Waals surface area contributed by atoms with Gasteiger partial charge in [-0.1, -0.05) is 6.07 Å². The summed E-state index contributed by atoms with van der Waals surface area (Å²) in [5.74, 6) is 2.86. The molecule has 0 spiro atoms. The molecule has 1 aromatic carbocycles. The van der Waals surface area contributed by atoms with Crippen LogP contribution in [0.15, 0.2) is 18.2 Å². The summed E-state index contributed by atoms with van der Waals surface area (Å²) in [5.41, 5.74) is 1.74. The van der Waals surface area contributed by atoms with Crippen LogP contribution in [0.5, 0.6) is 5.75 Å².